The van der Waals surface area contributed by atoms with Gasteiger partial charge < -0.3 is 27.0 Å². The van der Waals surface area contributed by atoms with E-state index in [0.717, 1.165) is 66.8 Å². The van der Waals surface area contributed by atoms with Crippen molar-refractivity contribution >= 4 is 35.1 Å². The van der Waals surface area contributed by atoms with Crippen molar-refractivity contribution in [1.82, 2.24) is 15.2 Å². The van der Waals surface area contributed by atoms with Crippen LogP contribution in [0.4, 0.5) is 11.4 Å². The normalized spacial score (nSPS) is 17.5. The summed E-state index contributed by atoms with van der Waals surface area (Å²) in [4.78, 5) is 37.6. The van der Waals surface area contributed by atoms with Crippen LogP contribution in [-0.4, -0.2) is 53.7 Å². The molecular formula is C28H35N7O2. The van der Waals surface area contributed by atoms with Crippen molar-refractivity contribution in [2.45, 2.75) is 51.0 Å². The largest absolute Gasteiger partial charge is 0.387 e. The fraction of sp³-hybridized carbons (Fsp3) is 0.429. The summed E-state index contributed by atoms with van der Waals surface area (Å²) in [5, 5.41) is 6.44. The molecule has 0 spiro atoms. The van der Waals surface area contributed by atoms with Gasteiger partial charge in [0.05, 0.1) is 23.0 Å². The first kappa shape index (κ1) is 25.1. The van der Waals surface area contributed by atoms with Crippen LogP contribution >= 0.6 is 0 Å². The Kier molecular flexibility index (Phi) is 7.08. The number of amidine groups is 1. The number of rotatable bonds is 8. The molecule has 3 aliphatic rings. The lowest BCUT2D eigenvalue weighted by Crippen LogP contribution is -2.37. The zero-order valence-electron chi connectivity index (χ0n) is 21.3. The second kappa shape index (κ2) is 10.4. The molecule has 1 saturated carbocycles. The molecule has 9 nitrogen and oxygen atoms in total. The van der Waals surface area contributed by atoms with Crippen LogP contribution in [0.5, 0.6) is 0 Å². The average Bonchev–Trinajstić information content (AvgIpc) is 3.72. The summed E-state index contributed by atoms with van der Waals surface area (Å²) in [5.74, 6) is 0.281. The van der Waals surface area contributed by atoms with Crippen LogP contribution in [0.15, 0.2) is 41.0 Å². The molecule has 194 valence electrons. The van der Waals surface area contributed by atoms with Gasteiger partial charge in [-0.3, -0.25) is 14.6 Å². The van der Waals surface area contributed by atoms with Crippen molar-refractivity contribution in [2.24, 2.45) is 16.5 Å². The maximum atomic E-state index is 13.4. The molecule has 9 heteroatoms. The average molecular weight is 502 g/mol. The number of pyridine rings is 1. The second-order valence-electron chi connectivity index (χ2n) is 10.1. The Balaban J connectivity index is 1.38. The Morgan fingerprint density at radius 2 is 2.05 bits per heavy atom. The summed E-state index contributed by atoms with van der Waals surface area (Å²) in [6.45, 7) is 5.28. The topological polar surface area (TPSA) is 139 Å². The van der Waals surface area contributed by atoms with Crippen LogP contribution in [0, 0.1) is 0 Å². The van der Waals surface area contributed by atoms with Gasteiger partial charge in [0.25, 0.3) is 0 Å². The highest BCUT2D eigenvalue weighted by atomic mass is 16.2. The molecule has 3 heterocycles. The number of anilines is 1. The minimum atomic E-state index is -0.596. The third-order valence-corrected chi connectivity index (χ3v) is 7.36. The highest BCUT2D eigenvalue weighted by Crippen LogP contribution is 2.50. The molecule has 6 N–H and O–H groups in total. The lowest BCUT2D eigenvalue weighted by Gasteiger charge is -2.22. The summed E-state index contributed by atoms with van der Waals surface area (Å²) in [7, 11) is 0. The van der Waals surface area contributed by atoms with E-state index in [-0.39, 0.29) is 18.2 Å². The quantitative estimate of drug-likeness (QED) is 0.438. The maximum Gasteiger partial charge on any atom is 0.250 e. The summed E-state index contributed by atoms with van der Waals surface area (Å²) in [6, 6.07) is 7.87. The Hall–Kier alpha value is -3.56. The molecule has 2 amide bonds. The fourth-order valence-corrected chi connectivity index (χ4v) is 5.21. The third kappa shape index (κ3) is 5.14. The highest BCUT2D eigenvalue weighted by molar-refractivity contribution is 6.06. The van der Waals surface area contributed by atoms with Crippen molar-refractivity contribution < 1.29 is 9.59 Å². The van der Waals surface area contributed by atoms with Crippen LogP contribution < -0.4 is 22.1 Å². The first-order chi connectivity index (χ1) is 17.9. The van der Waals surface area contributed by atoms with Gasteiger partial charge in [-0.2, -0.15) is 0 Å². The standard InChI is InChI=1S/C28H35N7O2/c1-2-10-35(11-8-29)26(36)19-12-18-3-4-21(15-24(18)34-25(30)14-19)28(6-7-28)27(37)33-22-13-20-16-31-9-5-23(20)32-17-22/h3-4,12-13,15,17,31H,2,5-11,14,16,29H2,1H3,(H2,30,34)(H,33,37). The zero-order chi connectivity index (χ0) is 26.0. The molecular weight excluding hydrogens is 466 g/mol. The molecule has 0 radical (unpaired) electrons. The van der Waals surface area contributed by atoms with E-state index >= 15 is 0 Å². The van der Waals surface area contributed by atoms with Crippen LogP contribution in [-0.2, 0) is 28.0 Å². The molecule has 1 aromatic heterocycles. The lowest BCUT2D eigenvalue weighted by molar-refractivity contribution is -0.127. The Labute approximate surface area is 217 Å². The van der Waals surface area contributed by atoms with E-state index in [1.807, 2.05) is 37.3 Å². The first-order valence-electron chi connectivity index (χ1n) is 13.1. The van der Waals surface area contributed by atoms with Gasteiger partial charge in [0.2, 0.25) is 11.8 Å². The summed E-state index contributed by atoms with van der Waals surface area (Å²) in [5.41, 5.74) is 17.3. The molecule has 0 bridgehead atoms. The van der Waals surface area contributed by atoms with E-state index in [2.05, 4.69) is 20.6 Å². The van der Waals surface area contributed by atoms with E-state index < -0.39 is 5.41 Å². The minimum Gasteiger partial charge on any atom is -0.387 e. The van der Waals surface area contributed by atoms with E-state index in [0.29, 0.717) is 36.7 Å². The van der Waals surface area contributed by atoms with Crippen LogP contribution in [0.1, 0.15) is 55.0 Å². The molecule has 1 aliphatic carbocycles. The molecule has 1 fully saturated rings. The van der Waals surface area contributed by atoms with Crippen molar-refractivity contribution in [3.8, 4) is 0 Å². The molecule has 37 heavy (non-hydrogen) atoms. The smallest absolute Gasteiger partial charge is 0.250 e. The maximum absolute atomic E-state index is 13.4. The molecule has 0 unspecified atom stereocenters. The number of nitrogens with zero attached hydrogens (tertiary/aromatic N) is 3. The van der Waals surface area contributed by atoms with Gasteiger partial charge in [0.1, 0.15) is 5.84 Å². The summed E-state index contributed by atoms with van der Waals surface area (Å²) < 4.78 is 0. The van der Waals surface area contributed by atoms with Crippen molar-refractivity contribution in [3.05, 3.63) is 58.4 Å². The first-order valence-corrected chi connectivity index (χ1v) is 13.1. The molecule has 2 aliphatic heterocycles. The highest BCUT2D eigenvalue weighted by Gasteiger charge is 2.51. The number of benzene rings is 1. The number of aromatic nitrogens is 1. The van der Waals surface area contributed by atoms with Crippen molar-refractivity contribution in [1.29, 1.82) is 0 Å². The molecule has 0 atom stereocenters. The predicted molar refractivity (Wildman–Crippen MR) is 145 cm³/mol. The number of amides is 2. The summed E-state index contributed by atoms with van der Waals surface area (Å²) >= 11 is 0. The minimum absolute atomic E-state index is 0.0352. The molecule has 2 aromatic rings. The lowest BCUT2D eigenvalue weighted by atomic mass is 9.92. The number of hydrogen-bond donors (Lipinski definition) is 4. The van der Waals surface area contributed by atoms with Gasteiger partial charge in [-0.15, -0.1) is 0 Å². The van der Waals surface area contributed by atoms with Gasteiger partial charge in [-0.1, -0.05) is 19.1 Å². The Morgan fingerprint density at radius 3 is 2.81 bits per heavy atom. The molecule has 5 rings (SSSR count). The third-order valence-electron chi connectivity index (χ3n) is 7.36. The van der Waals surface area contributed by atoms with Gasteiger partial charge in [0.15, 0.2) is 0 Å². The number of nitrogens with one attached hydrogen (secondary N) is 2. The van der Waals surface area contributed by atoms with Crippen molar-refractivity contribution in [2.75, 3.05) is 31.5 Å². The van der Waals surface area contributed by atoms with E-state index in [1.165, 1.54) is 0 Å². The fourth-order valence-electron chi connectivity index (χ4n) is 5.21. The van der Waals surface area contributed by atoms with Gasteiger partial charge >= 0.3 is 0 Å². The number of carbonyl (C=O) groups is 2. The van der Waals surface area contributed by atoms with Crippen molar-refractivity contribution in [3.63, 3.8) is 0 Å². The monoisotopic (exact) mass is 501 g/mol. The SMILES string of the molecule is CCCN(CCN)C(=O)C1=Cc2ccc(C3(C(=O)Nc4cnc5c(c4)CNCC5)CC3)cc2N=C(N)C1. The number of aliphatic imine (C=N–C) groups is 1. The summed E-state index contributed by atoms with van der Waals surface area (Å²) in [6.07, 6.45) is 7.18. The second-order valence-corrected chi connectivity index (χ2v) is 10.1. The van der Waals surface area contributed by atoms with Gasteiger partial charge in [0, 0.05) is 62.4 Å². The number of carbonyl (C=O) groups excluding carboxylic acids is 2. The molecule has 0 saturated heterocycles. The predicted octanol–water partition coefficient (Wildman–Crippen LogP) is 2.37. The van der Waals surface area contributed by atoms with Crippen LogP contribution in [0.25, 0.3) is 6.08 Å². The van der Waals surface area contributed by atoms with E-state index in [1.54, 1.807) is 11.1 Å². The van der Waals surface area contributed by atoms with Gasteiger partial charge in [-0.05, 0) is 48.6 Å². The zero-order valence-corrected chi connectivity index (χ0v) is 21.3. The Bertz CT molecular complexity index is 1270. The van der Waals surface area contributed by atoms with Crippen LogP contribution in [0.3, 0.4) is 0 Å². The number of nitrogens with two attached hydrogens (primary N) is 2. The van der Waals surface area contributed by atoms with E-state index in [4.69, 9.17) is 11.5 Å². The van der Waals surface area contributed by atoms with E-state index in [9.17, 15) is 9.59 Å². The molecule has 1 aromatic carbocycles. The number of hydrogen-bond acceptors (Lipinski definition) is 7. The van der Waals surface area contributed by atoms with Crippen LogP contribution in [0.2, 0.25) is 0 Å². The Morgan fingerprint density at radius 1 is 1.22 bits per heavy atom. The van der Waals surface area contributed by atoms with Gasteiger partial charge in [-0.25, -0.2) is 4.99 Å². The number of fused-ring (bicyclic) bond motifs is 2.